The van der Waals surface area contributed by atoms with Crippen molar-refractivity contribution in [2.24, 2.45) is 0 Å². The summed E-state index contributed by atoms with van der Waals surface area (Å²) in [6.45, 7) is 3.54. The molecule has 218 valence electrons. The molecule has 43 heavy (non-hydrogen) atoms. The molecule has 2 aromatic heterocycles. The van der Waals surface area contributed by atoms with Gasteiger partial charge in [-0.1, -0.05) is 19.1 Å². The fourth-order valence-electron chi connectivity index (χ4n) is 5.40. The fraction of sp³-hybridized carbons (Fsp3) is 0.182. The quantitative estimate of drug-likeness (QED) is 0.183. The molecule has 6 rings (SSSR count). The lowest BCUT2D eigenvalue weighted by molar-refractivity contribution is 0.0989. The van der Waals surface area contributed by atoms with Crippen LogP contribution in [0.15, 0.2) is 65.2 Å². The summed E-state index contributed by atoms with van der Waals surface area (Å²) < 4.78 is 61.0. The second-order valence-electron chi connectivity index (χ2n) is 10.5. The van der Waals surface area contributed by atoms with Crippen LogP contribution >= 0.6 is 0 Å². The lowest BCUT2D eigenvalue weighted by Gasteiger charge is -2.20. The third-order valence-corrected chi connectivity index (χ3v) is 8.92. The number of aryl methyl sites for hydroxylation is 1. The maximum Gasteiger partial charge on any atom is 0.232 e. The molecule has 0 bridgehead atoms. The lowest BCUT2D eigenvalue weighted by atomic mass is 9.98. The lowest BCUT2D eigenvalue weighted by Crippen LogP contribution is -2.25. The molecule has 7 nitrogen and oxygen atoms in total. The van der Waals surface area contributed by atoms with Crippen LogP contribution in [0.5, 0.6) is 0 Å². The average molecular weight is 600 g/mol. The van der Waals surface area contributed by atoms with Crippen molar-refractivity contribution < 1.29 is 26.4 Å². The first-order chi connectivity index (χ1) is 20.5. The summed E-state index contributed by atoms with van der Waals surface area (Å²) in [4.78, 5) is 22.8. The van der Waals surface area contributed by atoms with Gasteiger partial charge in [-0.2, -0.15) is 0 Å². The third-order valence-electron chi connectivity index (χ3n) is 7.73. The Morgan fingerprint density at radius 1 is 1.09 bits per heavy atom. The van der Waals surface area contributed by atoms with Crippen molar-refractivity contribution in [2.45, 2.75) is 26.7 Å². The number of allylic oxidation sites excluding steroid dienone is 1. The van der Waals surface area contributed by atoms with E-state index in [1.54, 1.807) is 37.4 Å². The fourth-order valence-corrected chi connectivity index (χ4v) is 5.91. The van der Waals surface area contributed by atoms with Gasteiger partial charge in [0.1, 0.15) is 23.0 Å². The topological polar surface area (TPSA) is 93.4 Å². The van der Waals surface area contributed by atoms with Crippen LogP contribution in [0, 0.1) is 18.6 Å². The minimum absolute atomic E-state index is 0.183. The smallest absolute Gasteiger partial charge is 0.232 e. The van der Waals surface area contributed by atoms with Gasteiger partial charge in [-0.05, 0) is 60.5 Å². The van der Waals surface area contributed by atoms with E-state index in [-0.39, 0.29) is 35.1 Å². The Morgan fingerprint density at radius 2 is 1.84 bits per heavy atom. The summed E-state index contributed by atoms with van der Waals surface area (Å²) in [6.07, 6.45) is 5.05. The third kappa shape index (κ3) is 5.01. The number of aromatic nitrogens is 2. The van der Waals surface area contributed by atoms with Crippen molar-refractivity contribution >= 4 is 44.1 Å². The van der Waals surface area contributed by atoms with Gasteiger partial charge >= 0.3 is 0 Å². The molecule has 2 heterocycles. The Kier molecular flexibility index (Phi) is 6.96. The predicted octanol–water partition coefficient (Wildman–Crippen LogP) is 7.23. The van der Waals surface area contributed by atoms with Gasteiger partial charge < -0.3 is 4.42 Å². The number of rotatable bonds is 7. The molecule has 3 aromatic carbocycles. The van der Waals surface area contributed by atoms with Crippen LogP contribution in [-0.4, -0.2) is 37.5 Å². The maximum atomic E-state index is 14.5. The highest BCUT2D eigenvalue weighted by Gasteiger charge is 2.27. The van der Waals surface area contributed by atoms with Crippen molar-refractivity contribution in [1.29, 1.82) is 0 Å². The molecule has 0 radical (unpaired) electrons. The standard InChI is InChI=1S/C33H27F2N3O4S/c1-5-29(39)31-25-15-24(27-17-36-18(2)32(37-27)21-13-20-7-6-8-26(35)23(20)14-21)28(38(3)43(4,40)41)16-30(25)42-33(31)19-9-11-22(34)12-10-19/h6-12,14-17H,5,13H2,1-4H3. The largest absolute Gasteiger partial charge is 0.455 e. The van der Waals surface area contributed by atoms with Gasteiger partial charge in [0.05, 0.1) is 40.8 Å². The molecule has 1 aliphatic rings. The second kappa shape index (κ2) is 10.5. The van der Waals surface area contributed by atoms with Crippen LogP contribution in [-0.2, 0) is 16.4 Å². The molecule has 0 aliphatic heterocycles. The monoisotopic (exact) mass is 599 g/mol. The predicted molar refractivity (Wildman–Crippen MR) is 163 cm³/mol. The van der Waals surface area contributed by atoms with Crippen LogP contribution in [0.2, 0.25) is 0 Å². The summed E-state index contributed by atoms with van der Waals surface area (Å²) in [6, 6.07) is 13.8. The van der Waals surface area contributed by atoms with E-state index < -0.39 is 15.8 Å². The average Bonchev–Trinajstić information content (AvgIpc) is 3.58. The zero-order chi connectivity index (χ0) is 30.6. The highest BCUT2D eigenvalue weighted by Crippen LogP contribution is 2.42. The molecule has 0 saturated carbocycles. The number of hydrogen-bond donors (Lipinski definition) is 0. The molecular weight excluding hydrogens is 572 g/mol. The summed E-state index contributed by atoms with van der Waals surface area (Å²) >= 11 is 0. The summed E-state index contributed by atoms with van der Waals surface area (Å²) in [5, 5.41) is 0.463. The van der Waals surface area contributed by atoms with E-state index in [9.17, 15) is 22.0 Å². The Morgan fingerprint density at radius 3 is 2.51 bits per heavy atom. The van der Waals surface area contributed by atoms with Crippen LogP contribution in [0.3, 0.4) is 0 Å². The van der Waals surface area contributed by atoms with Gasteiger partial charge in [0.15, 0.2) is 5.78 Å². The number of Topliss-reactive ketones (excluding diaryl/α,β-unsaturated/α-hetero) is 1. The maximum absolute atomic E-state index is 14.5. The first-order valence-corrected chi connectivity index (χ1v) is 15.5. The number of halogens is 2. The number of anilines is 1. The minimum atomic E-state index is -3.73. The van der Waals surface area contributed by atoms with Gasteiger partial charge in [-0.3, -0.25) is 14.1 Å². The molecule has 0 atom stereocenters. The first kappa shape index (κ1) is 28.4. The molecule has 0 N–H and O–H groups in total. The molecule has 1 aliphatic carbocycles. The van der Waals surface area contributed by atoms with Crippen LogP contribution in [0.1, 0.15) is 46.2 Å². The van der Waals surface area contributed by atoms with Gasteiger partial charge in [0, 0.05) is 48.0 Å². The number of carbonyl (C=O) groups excluding carboxylic acids is 1. The van der Waals surface area contributed by atoms with E-state index in [0.29, 0.717) is 51.1 Å². The molecule has 0 unspecified atom stereocenters. The minimum Gasteiger partial charge on any atom is -0.455 e. The van der Waals surface area contributed by atoms with Crippen molar-refractivity contribution in [3.8, 4) is 22.6 Å². The van der Waals surface area contributed by atoms with Gasteiger partial charge in [-0.25, -0.2) is 22.2 Å². The zero-order valence-electron chi connectivity index (χ0n) is 23.9. The first-order valence-electron chi connectivity index (χ1n) is 13.6. The number of furan rings is 1. The van der Waals surface area contributed by atoms with Crippen LogP contribution in [0.25, 0.3) is 45.2 Å². The molecule has 10 heteroatoms. The molecule has 0 spiro atoms. The van der Waals surface area contributed by atoms with Crippen molar-refractivity contribution in [3.63, 3.8) is 0 Å². The molecule has 0 fully saturated rings. The number of ketones is 1. The van der Waals surface area contributed by atoms with Crippen LogP contribution in [0.4, 0.5) is 14.5 Å². The summed E-state index contributed by atoms with van der Waals surface area (Å²) in [5.74, 6) is -0.681. The number of benzene rings is 3. The van der Waals surface area contributed by atoms with E-state index in [1.807, 2.05) is 13.0 Å². The number of sulfonamides is 1. The number of hydrogen-bond acceptors (Lipinski definition) is 6. The summed E-state index contributed by atoms with van der Waals surface area (Å²) in [7, 11) is -2.31. The van der Waals surface area contributed by atoms with E-state index in [4.69, 9.17) is 9.40 Å². The number of carbonyl (C=O) groups is 1. The van der Waals surface area contributed by atoms with E-state index in [1.165, 1.54) is 37.4 Å². The molecule has 0 amide bonds. The van der Waals surface area contributed by atoms with Crippen molar-refractivity contribution in [1.82, 2.24) is 9.97 Å². The van der Waals surface area contributed by atoms with Gasteiger partial charge in [0.25, 0.3) is 0 Å². The molecule has 0 saturated heterocycles. The highest BCUT2D eigenvalue weighted by molar-refractivity contribution is 7.92. The Hall–Kier alpha value is -4.70. The number of fused-ring (bicyclic) bond motifs is 2. The Balaban J connectivity index is 1.59. The van der Waals surface area contributed by atoms with Crippen molar-refractivity contribution in [3.05, 3.63) is 101 Å². The van der Waals surface area contributed by atoms with E-state index in [2.05, 4.69) is 4.98 Å². The Labute approximate surface area is 247 Å². The van der Waals surface area contributed by atoms with Gasteiger partial charge in [0.2, 0.25) is 10.0 Å². The highest BCUT2D eigenvalue weighted by atomic mass is 32.2. The molecule has 5 aromatic rings. The van der Waals surface area contributed by atoms with Gasteiger partial charge in [-0.15, -0.1) is 0 Å². The van der Waals surface area contributed by atoms with E-state index >= 15 is 0 Å². The normalized spacial score (nSPS) is 12.8. The SMILES string of the molecule is CCC(=O)c1c(-c2ccc(F)cc2)oc2cc(N(C)S(C)(=O)=O)c(-c3cnc(C)c(C4=Cc5c(F)cccc5C4)n3)cc12. The van der Waals surface area contributed by atoms with E-state index in [0.717, 1.165) is 21.7 Å². The Bertz CT molecular complexity index is 2080. The second-order valence-corrected chi connectivity index (χ2v) is 12.5. The molecular formula is C33H27F2N3O4S. The van der Waals surface area contributed by atoms with Crippen LogP contribution < -0.4 is 4.31 Å². The van der Waals surface area contributed by atoms with Crippen molar-refractivity contribution in [2.75, 3.05) is 17.6 Å². The zero-order valence-corrected chi connectivity index (χ0v) is 24.7. The summed E-state index contributed by atoms with van der Waals surface area (Å²) in [5.41, 5.74) is 5.48. The number of nitrogens with zero attached hydrogens (tertiary/aromatic N) is 3.